The molecule has 0 heterocycles. The van der Waals surface area contributed by atoms with E-state index < -0.39 is 27.0 Å². The largest absolute Gasteiger partial charge is 0.296 e. The number of alkyl halides is 1. The predicted molar refractivity (Wildman–Crippen MR) is 54.6 cm³/mol. The summed E-state index contributed by atoms with van der Waals surface area (Å²) in [6.45, 7) is 0. The Morgan fingerprint density at radius 1 is 1.31 bits per heavy atom. The molecular weight excluding hydrogens is 238 g/mol. The van der Waals surface area contributed by atoms with Gasteiger partial charge in [0, 0.05) is 12.0 Å². The topological polar surface area (TPSA) is 54.4 Å². The highest BCUT2D eigenvalue weighted by Crippen LogP contribution is 2.35. The summed E-state index contributed by atoms with van der Waals surface area (Å²) in [4.78, 5) is -1.17. The Morgan fingerprint density at radius 3 is 2.56 bits per heavy atom. The van der Waals surface area contributed by atoms with Crippen molar-refractivity contribution in [3.8, 4) is 0 Å². The van der Waals surface area contributed by atoms with Crippen LogP contribution in [-0.2, 0) is 16.5 Å². The second-order valence-electron chi connectivity index (χ2n) is 3.48. The van der Waals surface area contributed by atoms with Crippen molar-refractivity contribution in [2.24, 2.45) is 0 Å². The molecular formula is C10H8F2O3S. The average Bonchev–Trinajstić information content (AvgIpc) is 2.15. The zero-order chi connectivity index (χ0) is 11.9. The Hall–Kier alpha value is -1.27. The second kappa shape index (κ2) is 3.64. The maximum absolute atomic E-state index is 13.7. The van der Waals surface area contributed by atoms with E-state index in [-0.39, 0.29) is 12.0 Å². The Bertz CT molecular complexity index is 563. The zero-order valence-corrected chi connectivity index (χ0v) is 8.84. The van der Waals surface area contributed by atoms with Gasteiger partial charge in [0.25, 0.3) is 10.1 Å². The summed E-state index contributed by atoms with van der Waals surface area (Å²) in [5, 5.41) is 0. The van der Waals surface area contributed by atoms with E-state index in [1.54, 1.807) is 6.07 Å². The fraction of sp³-hybridized carbons (Fsp3) is 0.200. The van der Waals surface area contributed by atoms with Crippen LogP contribution in [0.2, 0.25) is 0 Å². The van der Waals surface area contributed by atoms with Crippen LogP contribution in [-0.4, -0.2) is 19.1 Å². The maximum atomic E-state index is 13.7. The Kier molecular flexibility index (Phi) is 2.55. The Labute approximate surface area is 91.2 Å². The lowest BCUT2D eigenvalue weighted by Crippen LogP contribution is -2.22. The molecule has 1 aromatic rings. The van der Waals surface area contributed by atoms with Gasteiger partial charge in [-0.25, -0.2) is 8.78 Å². The van der Waals surface area contributed by atoms with Crippen molar-refractivity contribution in [2.75, 3.05) is 0 Å². The molecule has 1 aliphatic carbocycles. The van der Waals surface area contributed by atoms with E-state index in [0.29, 0.717) is 5.56 Å². The first-order chi connectivity index (χ1) is 7.41. The van der Waals surface area contributed by atoms with Crippen LogP contribution in [0.4, 0.5) is 8.78 Å². The fourth-order valence-electron chi connectivity index (χ4n) is 1.74. The lowest BCUT2D eigenvalue weighted by atomic mass is 9.95. The molecule has 0 bridgehead atoms. The van der Waals surface area contributed by atoms with Crippen molar-refractivity contribution in [2.45, 2.75) is 12.6 Å². The molecule has 16 heavy (non-hydrogen) atoms. The normalized spacial score (nSPS) is 20.8. The van der Waals surface area contributed by atoms with E-state index in [0.717, 1.165) is 0 Å². The van der Waals surface area contributed by atoms with E-state index in [4.69, 9.17) is 4.55 Å². The summed E-state index contributed by atoms with van der Waals surface area (Å²) >= 11 is 0. The van der Waals surface area contributed by atoms with Crippen LogP contribution in [0.5, 0.6) is 0 Å². The molecule has 0 amide bonds. The third-order valence-corrected chi connectivity index (χ3v) is 3.42. The molecule has 0 spiro atoms. The predicted octanol–water partition coefficient (Wildman–Crippen LogP) is 2.11. The van der Waals surface area contributed by atoms with Crippen LogP contribution < -0.4 is 0 Å². The maximum Gasteiger partial charge on any atom is 0.296 e. The number of hydrogen-bond donors (Lipinski definition) is 1. The second-order valence-corrected chi connectivity index (χ2v) is 4.87. The summed E-state index contributed by atoms with van der Waals surface area (Å²) in [5.41, 5.74) is 0.406. The molecule has 0 radical (unpaired) electrons. The van der Waals surface area contributed by atoms with Gasteiger partial charge in [0.15, 0.2) is 5.83 Å². The summed E-state index contributed by atoms with van der Waals surface area (Å²) < 4.78 is 57.5. The quantitative estimate of drug-likeness (QED) is 0.772. The number of fused-ring (bicyclic) bond motifs is 1. The minimum atomic E-state index is -4.84. The van der Waals surface area contributed by atoms with Gasteiger partial charge in [-0.3, -0.25) is 4.55 Å². The molecule has 1 unspecified atom stereocenters. The van der Waals surface area contributed by atoms with Crippen LogP contribution in [0, 0.1) is 0 Å². The molecule has 0 saturated heterocycles. The molecule has 0 fully saturated rings. The molecule has 3 nitrogen and oxygen atoms in total. The molecule has 1 aromatic carbocycles. The molecule has 86 valence electrons. The van der Waals surface area contributed by atoms with Gasteiger partial charge < -0.3 is 0 Å². The van der Waals surface area contributed by atoms with Crippen molar-refractivity contribution in [3.63, 3.8) is 0 Å². The standard InChI is InChI=1S/C10H8F2O3S/c11-8-5-6-3-1-2-4-7(6)9(12)10(8)16(13,14)15/h1-4,8H,5H2,(H,13,14,15). The number of benzene rings is 1. The highest BCUT2D eigenvalue weighted by molar-refractivity contribution is 7.90. The first-order valence-electron chi connectivity index (χ1n) is 4.51. The third-order valence-electron chi connectivity index (χ3n) is 2.43. The van der Waals surface area contributed by atoms with Crippen molar-refractivity contribution >= 4 is 15.9 Å². The number of hydrogen-bond acceptors (Lipinski definition) is 2. The van der Waals surface area contributed by atoms with Gasteiger partial charge in [-0.2, -0.15) is 8.42 Å². The lowest BCUT2D eigenvalue weighted by Gasteiger charge is -2.19. The van der Waals surface area contributed by atoms with Gasteiger partial charge in [0.2, 0.25) is 0 Å². The number of allylic oxidation sites excluding steroid dienone is 1. The summed E-state index contributed by atoms with van der Waals surface area (Å²) in [7, 11) is -4.84. The van der Waals surface area contributed by atoms with Crippen molar-refractivity contribution in [1.82, 2.24) is 0 Å². The molecule has 0 aliphatic heterocycles. The van der Waals surface area contributed by atoms with Gasteiger partial charge in [-0.1, -0.05) is 24.3 Å². The van der Waals surface area contributed by atoms with Gasteiger partial charge in [-0.15, -0.1) is 0 Å². The molecule has 1 atom stereocenters. The van der Waals surface area contributed by atoms with E-state index >= 15 is 0 Å². The summed E-state index contributed by atoms with van der Waals surface area (Å²) in [6.07, 6.45) is -2.29. The number of halogens is 2. The minimum absolute atomic E-state index is 0.0176. The Balaban J connectivity index is 2.71. The van der Waals surface area contributed by atoms with Crippen molar-refractivity contribution < 1.29 is 21.8 Å². The van der Waals surface area contributed by atoms with Crippen LogP contribution >= 0.6 is 0 Å². The Morgan fingerprint density at radius 2 is 1.94 bits per heavy atom. The summed E-state index contributed by atoms with van der Waals surface area (Å²) in [6, 6.07) is 5.99. The monoisotopic (exact) mass is 246 g/mol. The van der Waals surface area contributed by atoms with Crippen LogP contribution in [0.25, 0.3) is 5.83 Å². The van der Waals surface area contributed by atoms with Crippen LogP contribution in [0.3, 0.4) is 0 Å². The van der Waals surface area contributed by atoms with E-state index in [1.807, 2.05) is 0 Å². The molecule has 1 aliphatic rings. The zero-order valence-electron chi connectivity index (χ0n) is 8.02. The van der Waals surface area contributed by atoms with Crippen LogP contribution in [0.1, 0.15) is 11.1 Å². The van der Waals surface area contributed by atoms with Gasteiger partial charge in [-0.05, 0) is 5.56 Å². The fourth-order valence-corrected chi connectivity index (χ4v) is 2.49. The highest BCUT2D eigenvalue weighted by Gasteiger charge is 2.35. The molecule has 2 rings (SSSR count). The first kappa shape index (κ1) is 11.2. The van der Waals surface area contributed by atoms with E-state index in [9.17, 15) is 17.2 Å². The summed E-state index contributed by atoms with van der Waals surface area (Å²) in [5.74, 6) is -1.21. The smallest absolute Gasteiger partial charge is 0.282 e. The molecule has 0 aromatic heterocycles. The average molecular weight is 246 g/mol. The SMILES string of the molecule is O=S(=O)(O)C1=C(F)c2ccccc2CC1F. The van der Waals surface area contributed by atoms with Gasteiger partial charge in [0.1, 0.15) is 11.1 Å². The van der Waals surface area contributed by atoms with Crippen LogP contribution in [0.15, 0.2) is 29.2 Å². The lowest BCUT2D eigenvalue weighted by molar-refractivity contribution is 0.375. The molecule has 0 saturated carbocycles. The van der Waals surface area contributed by atoms with Crippen molar-refractivity contribution in [3.05, 3.63) is 40.3 Å². The first-order valence-corrected chi connectivity index (χ1v) is 5.95. The highest BCUT2D eigenvalue weighted by atomic mass is 32.2. The number of rotatable bonds is 1. The van der Waals surface area contributed by atoms with E-state index in [2.05, 4.69) is 0 Å². The molecule has 6 heteroatoms. The van der Waals surface area contributed by atoms with E-state index in [1.165, 1.54) is 18.2 Å². The minimum Gasteiger partial charge on any atom is -0.282 e. The van der Waals surface area contributed by atoms with Gasteiger partial charge >= 0.3 is 0 Å². The third kappa shape index (κ3) is 1.74. The van der Waals surface area contributed by atoms with Gasteiger partial charge in [0.05, 0.1) is 0 Å². The molecule has 1 N–H and O–H groups in total. The van der Waals surface area contributed by atoms with Crippen molar-refractivity contribution in [1.29, 1.82) is 0 Å².